The maximum Gasteiger partial charge on any atom is 0.262 e. The molecule has 1 amide bonds. The first-order chi connectivity index (χ1) is 14.9. The topological polar surface area (TPSA) is 107 Å². The van der Waals surface area contributed by atoms with Crippen molar-refractivity contribution in [1.29, 1.82) is 0 Å². The Labute approximate surface area is 180 Å². The molecule has 31 heavy (non-hydrogen) atoms. The number of carbonyl (C=O) groups excluding carboxylic acids is 1. The van der Waals surface area contributed by atoms with Crippen LogP contribution in [0.15, 0.2) is 47.5 Å². The Hall–Kier alpha value is -3.75. The Bertz CT molecular complexity index is 1150. The zero-order valence-electron chi connectivity index (χ0n) is 18.0. The Morgan fingerprint density at radius 3 is 2.77 bits per heavy atom. The van der Waals surface area contributed by atoms with Crippen molar-refractivity contribution in [2.24, 2.45) is 10.7 Å². The first kappa shape index (κ1) is 20.5. The highest BCUT2D eigenvalue weighted by Gasteiger charge is 2.26. The number of amides is 1. The van der Waals surface area contributed by atoms with Gasteiger partial charge in [-0.05, 0) is 38.1 Å². The summed E-state index contributed by atoms with van der Waals surface area (Å²) >= 11 is 0. The zero-order chi connectivity index (χ0) is 22.1. The Morgan fingerprint density at radius 1 is 1.26 bits per heavy atom. The van der Waals surface area contributed by atoms with E-state index in [1.54, 1.807) is 27.1 Å². The third-order valence-electron chi connectivity index (χ3n) is 5.00. The van der Waals surface area contributed by atoms with Crippen molar-refractivity contribution in [2.45, 2.75) is 26.1 Å². The van der Waals surface area contributed by atoms with Gasteiger partial charge in [0.2, 0.25) is 5.95 Å². The highest BCUT2D eigenvalue weighted by atomic mass is 16.5. The molecule has 0 aliphatic carbocycles. The minimum Gasteiger partial charge on any atom is -0.490 e. The molecule has 1 aromatic heterocycles. The van der Waals surface area contributed by atoms with Crippen LogP contribution in [0.5, 0.6) is 11.5 Å². The lowest BCUT2D eigenvalue weighted by atomic mass is 10.1. The predicted molar refractivity (Wildman–Crippen MR) is 120 cm³/mol. The van der Waals surface area contributed by atoms with Crippen LogP contribution in [-0.2, 0) is 4.79 Å². The van der Waals surface area contributed by atoms with Crippen LogP contribution in [0.25, 0.3) is 11.0 Å². The van der Waals surface area contributed by atoms with Crippen LogP contribution in [0.1, 0.15) is 25.6 Å². The fourth-order valence-corrected chi connectivity index (χ4v) is 3.60. The number of para-hydroxylation sites is 2. The van der Waals surface area contributed by atoms with Crippen molar-refractivity contribution >= 4 is 28.8 Å². The van der Waals surface area contributed by atoms with Crippen molar-refractivity contribution in [3.63, 3.8) is 0 Å². The van der Waals surface area contributed by atoms with Crippen LogP contribution >= 0.6 is 0 Å². The first-order valence-electron chi connectivity index (χ1n) is 10.1. The van der Waals surface area contributed by atoms with E-state index in [9.17, 15) is 4.79 Å². The maximum atomic E-state index is 12.2. The normalized spacial score (nSPS) is 16.1. The number of nitrogens with zero attached hydrogens (tertiary/aromatic N) is 4. The number of aromatic nitrogens is 2. The highest BCUT2D eigenvalue weighted by molar-refractivity contribution is 5.94. The fourth-order valence-electron chi connectivity index (χ4n) is 3.60. The van der Waals surface area contributed by atoms with Crippen LogP contribution < -0.4 is 20.5 Å². The van der Waals surface area contributed by atoms with Gasteiger partial charge in [0, 0.05) is 19.7 Å². The minimum atomic E-state index is -0.642. The lowest BCUT2D eigenvalue weighted by Gasteiger charge is -2.25. The number of nitrogens with one attached hydrogen (secondary N) is 1. The van der Waals surface area contributed by atoms with Gasteiger partial charge < -0.3 is 20.1 Å². The van der Waals surface area contributed by atoms with E-state index in [2.05, 4.69) is 15.3 Å². The number of anilines is 1. The monoisotopic (exact) mass is 422 g/mol. The first-order valence-corrected chi connectivity index (χ1v) is 10.1. The van der Waals surface area contributed by atoms with E-state index in [4.69, 9.17) is 15.2 Å². The number of ether oxygens (including phenoxy) is 2. The van der Waals surface area contributed by atoms with Gasteiger partial charge >= 0.3 is 0 Å². The molecular weight excluding hydrogens is 396 g/mol. The molecule has 0 saturated heterocycles. The summed E-state index contributed by atoms with van der Waals surface area (Å²) in [6.45, 7) is 4.06. The van der Waals surface area contributed by atoms with E-state index < -0.39 is 12.3 Å². The second kappa shape index (κ2) is 8.17. The fraction of sp³-hybridized carbons (Fsp3) is 0.318. The number of carbonyl (C=O) groups is 1. The summed E-state index contributed by atoms with van der Waals surface area (Å²) in [7, 11) is 3.39. The third kappa shape index (κ3) is 3.86. The van der Waals surface area contributed by atoms with Gasteiger partial charge in [0.05, 0.1) is 17.6 Å². The summed E-state index contributed by atoms with van der Waals surface area (Å²) in [6, 6.07) is 13.4. The van der Waals surface area contributed by atoms with E-state index in [-0.39, 0.29) is 11.9 Å². The molecule has 162 valence electrons. The lowest BCUT2D eigenvalue weighted by Crippen LogP contribution is -2.35. The highest BCUT2D eigenvalue weighted by Crippen LogP contribution is 2.37. The third-order valence-corrected chi connectivity index (χ3v) is 5.00. The molecule has 2 atom stereocenters. The molecule has 2 unspecified atom stereocenters. The second-order valence-electron chi connectivity index (χ2n) is 7.44. The summed E-state index contributed by atoms with van der Waals surface area (Å²) < 4.78 is 13.7. The van der Waals surface area contributed by atoms with Gasteiger partial charge in [0.1, 0.15) is 0 Å². The number of fused-ring (bicyclic) bond motifs is 3. The summed E-state index contributed by atoms with van der Waals surface area (Å²) in [6.07, 6.45) is -1.06. The molecule has 0 bridgehead atoms. The molecule has 0 fully saturated rings. The van der Waals surface area contributed by atoms with E-state index in [1.807, 2.05) is 47.9 Å². The molecular formula is C22H26N6O3. The van der Waals surface area contributed by atoms with Gasteiger partial charge in [-0.2, -0.15) is 0 Å². The predicted octanol–water partition coefficient (Wildman–Crippen LogP) is 2.58. The van der Waals surface area contributed by atoms with Gasteiger partial charge in [-0.3, -0.25) is 14.7 Å². The maximum absolute atomic E-state index is 12.2. The second-order valence-corrected chi connectivity index (χ2v) is 7.44. The number of hydrogen-bond acceptors (Lipinski definition) is 7. The van der Waals surface area contributed by atoms with Crippen molar-refractivity contribution in [3.05, 3.63) is 48.0 Å². The van der Waals surface area contributed by atoms with Gasteiger partial charge in [0.25, 0.3) is 5.91 Å². The van der Waals surface area contributed by atoms with Crippen LogP contribution in [0.3, 0.4) is 0 Å². The average molecular weight is 422 g/mol. The summed E-state index contributed by atoms with van der Waals surface area (Å²) in [5.74, 6) is 1.82. The Kier molecular flexibility index (Phi) is 5.41. The van der Waals surface area contributed by atoms with Gasteiger partial charge in [-0.25, -0.2) is 9.98 Å². The number of nitrogens with two attached hydrogens (primary N) is 1. The summed E-state index contributed by atoms with van der Waals surface area (Å²) in [5, 5.41) is 3.03. The smallest absolute Gasteiger partial charge is 0.262 e. The number of guanidine groups is 1. The molecule has 3 N–H and O–H groups in total. The molecule has 3 aromatic rings. The Balaban J connectivity index is 1.74. The lowest BCUT2D eigenvalue weighted by molar-refractivity contribution is -0.135. The molecule has 0 spiro atoms. The summed E-state index contributed by atoms with van der Waals surface area (Å²) in [5.41, 5.74) is 8.69. The van der Waals surface area contributed by atoms with Crippen molar-refractivity contribution in [3.8, 4) is 11.5 Å². The molecule has 2 aromatic carbocycles. The van der Waals surface area contributed by atoms with Gasteiger partial charge in [0.15, 0.2) is 29.7 Å². The van der Waals surface area contributed by atoms with Gasteiger partial charge in [-0.1, -0.05) is 18.2 Å². The van der Waals surface area contributed by atoms with E-state index in [0.717, 1.165) is 16.6 Å². The number of likely N-dealkylation sites (N-methyl/N-ethyl adjacent to an activating group) is 1. The SMILES string of the molecule is CCOc1cc(C2N=C(N)Nc3nc4ccccc4n32)ccc1OC(C)C(=O)N(C)C. The number of aliphatic imine (C=N–C) groups is 1. The zero-order valence-corrected chi connectivity index (χ0v) is 18.0. The summed E-state index contributed by atoms with van der Waals surface area (Å²) in [4.78, 5) is 22.9. The molecule has 9 heteroatoms. The largest absolute Gasteiger partial charge is 0.490 e. The molecule has 9 nitrogen and oxygen atoms in total. The quantitative estimate of drug-likeness (QED) is 0.632. The molecule has 0 saturated carbocycles. The number of hydrogen-bond donors (Lipinski definition) is 2. The molecule has 4 rings (SSSR count). The van der Waals surface area contributed by atoms with Crippen molar-refractivity contribution in [1.82, 2.24) is 14.5 Å². The van der Waals surface area contributed by atoms with E-state index in [1.165, 1.54) is 4.90 Å². The molecule has 0 radical (unpaired) electrons. The molecule has 1 aliphatic rings. The number of rotatable bonds is 6. The van der Waals surface area contributed by atoms with Crippen LogP contribution in [0, 0.1) is 0 Å². The van der Waals surface area contributed by atoms with Crippen molar-refractivity contribution in [2.75, 3.05) is 26.0 Å². The molecule has 1 aliphatic heterocycles. The van der Waals surface area contributed by atoms with E-state index in [0.29, 0.717) is 24.1 Å². The van der Waals surface area contributed by atoms with Gasteiger partial charge in [-0.15, -0.1) is 0 Å². The average Bonchev–Trinajstić information content (AvgIpc) is 3.11. The minimum absolute atomic E-state index is 0.128. The standard InChI is InChI=1S/C22H26N6O3/c1-5-30-18-12-14(10-11-17(18)31-13(2)20(29)27(3)4)19-25-21(23)26-22-24-15-8-6-7-9-16(15)28(19)22/h6-13,19H,5H2,1-4H3,(H3,23,24,25,26). The molecule has 2 heterocycles. The number of imidazole rings is 1. The van der Waals surface area contributed by atoms with E-state index >= 15 is 0 Å². The van der Waals surface area contributed by atoms with Crippen LogP contribution in [0.4, 0.5) is 5.95 Å². The number of benzene rings is 2. The van der Waals surface area contributed by atoms with Crippen LogP contribution in [-0.4, -0.2) is 53.1 Å². The van der Waals surface area contributed by atoms with Crippen molar-refractivity contribution < 1.29 is 14.3 Å². The van der Waals surface area contributed by atoms with Crippen LogP contribution in [0.2, 0.25) is 0 Å². The Morgan fingerprint density at radius 2 is 2.03 bits per heavy atom.